The standard InChI is InChI=1S/C17H28BrN/c1-4-5-6-7-8-9-14(2)19-15(3)16-10-12-17(18)13-11-16/h10-15,19H,4-9H2,1-3H3/t14?,15-/m0/s1. The van der Waals surface area contributed by atoms with Crippen LogP contribution < -0.4 is 5.32 Å². The second-order valence-corrected chi connectivity index (χ2v) is 6.46. The minimum absolute atomic E-state index is 0.429. The van der Waals surface area contributed by atoms with Crippen LogP contribution in [0.1, 0.15) is 70.9 Å². The van der Waals surface area contributed by atoms with Crippen molar-refractivity contribution in [3.63, 3.8) is 0 Å². The Hall–Kier alpha value is -0.340. The molecule has 1 unspecified atom stereocenters. The van der Waals surface area contributed by atoms with Crippen LogP contribution in [-0.2, 0) is 0 Å². The molecule has 0 aromatic heterocycles. The lowest BCUT2D eigenvalue weighted by atomic mass is 10.0. The predicted octanol–water partition coefficient (Wildman–Crippen LogP) is 5.85. The number of hydrogen-bond acceptors (Lipinski definition) is 1. The zero-order chi connectivity index (χ0) is 14.1. The Morgan fingerprint density at radius 2 is 1.63 bits per heavy atom. The Balaban J connectivity index is 2.23. The molecule has 0 bridgehead atoms. The second-order valence-electron chi connectivity index (χ2n) is 5.54. The van der Waals surface area contributed by atoms with E-state index in [1.807, 2.05) is 0 Å². The van der Waals surface area contributed by atoms with Crippen molar-refractivity contribution in [3.8, 4) is 0 Å². The summed E-state index contributed by atoms with van der Waals surface area (Å²) in [6.45, 7) is 6.82. The van der Waals surface area contributed by atoms with Crippen molar-refractivity contribution in [3.05, 3.63) is 34.3 Å². The first kappa shape index (κ1) is 16.7. The zero-order valence-electron chi connectivity index (χ0n) is 12.6. The normalized spacial score (nSPS) is 14.3. The summed E-state index contributed by atoms with van der Waals surface area (Å²) in [5.41, 5.74) is 1.36. The van der Waals surface area contributed by atoms with Gasteiger partial charge in [-0.05, 0) is 38.0 Å². The van der Waals surface area contributed by atoms with Crippen molar-refractivity contribution in [2.45, 2.75) is 71.4 Å². The van der Waals surface area contributed by atoms with Gasteiger partial charge in [-0.15, -0.1) is 0 Å². The van der Waals surface area contributed by atoms with Crippen LogP contribution in [0.3, 0.4) is 0 Å². The van der Waals surface area contributed by atoms with Crippen molar-refractivity contribution < 1.29 is 0 Å². The molecular formula is C17H28BrN. The molecule has 0 amide bonds. The Bertz CT molecular complexity index is 334. The summed E-state index contributed by atoms with van der Waals surface area (Å²) in [4.78, 5) is 0. The van der Waals surface area contributed by atoms with Gasteiger partial charge in [0, 0.05) is 16.6 Å². The van der Waals surface area contributed by atoms with E-state index in [0.29, 0.717) is 12.1 Å². The molecule has 0 saturated heterocycles. The molecule has 2 atom stereocenters. The first-order chi connectivity index (χ1) is 9.13. The van der Waals surface area contributed by atoms with E-state index in [1.165, 1.54) is 44.1 Å². The van der Waals surface area contributed by atoms with Gasteiger partial charge in [-0.1, -0.05) is 67.1 Å². The summed E-state index contributed by atoms with van der Waals surface area (Å²) in [6, 6.07) is 9.64. The van der Waals surface area contributed by atoms with Gasteiger partial charge in [0.25, 0.3) is 0 Å². The van der Waals surface area contributed by atoms with Crippen LogP contribution in [-0.4, -0.2) is 6.04 Å². The minimum atomic E-state index is 0.429. The van der Waals surface area contributed by atoms with Crippen molar-refractivity contribution in [2.75, 3.05) is 0 Å². The lowest BCUT2D eigenvalue weighted by Gasteiger charge is -2.20. The zero-order valence-corrected chi connectivity index (χ0v) is 14.2. The number of rotatable bonds is 9. The quantitative estimate of drug-likeness (QED) is 0.561. The number of halogens is 1. The molecule has 1 nitrogen and oxygen atoms in total. The van der Waals surface area contributed by atoms with E-state index in [9.17, 15) is 0 Å². The fraction of sp³-hybridized carbons (Fsp3) is 0.647. The van der Waals surface area contributed by atoms with Crippen LogP contribution in [0.5, 0.6) is 0 Å². The molecule has 1 rings (SSSR count). The second kappa shape index (κ2) is 9.55. The maximum absolute atomic E-state index is 3.69. The summed E-state index contributed by atoms with van der Waals surface area (Å²) in [6.07, 6.45) is 8.12. The van der Waals surface area contributed by atoms with E-state index in [4.69, 9.17) is 0 Å². The van der Waals surface area contributed by atoms with Crippen LogP contribution in [0, 0.1) is 0 Å². The highest BCUT2D eigenvalue weighted by Gasteiger charge is 2.08. The molecule has 1 aromatic rings. The van der Waals surface area contributed by atoms with Gasteiger partial charge in [0.15, 0.2) is 0 Å². The summed E-state index contributed by atoms with van der Waals surface area (Å²) in [5, 5.41) is 3.69. The number of benzene rings is 1. The van der Waals surface area contributed by atoms with Crippen molar-refractivity contribution in [2.24, 2.45) is 0 Å². The molecule has 0 heterocycles. The van der Waals surface area contributed by atoms with E-state index >= 15 is 0 Å². The topological polar surface area (TPSA) is 12.0 Å². The molecule has 2 heteroatoms. The monoisotopic (exact) mass is 325 g/mol. The highest BCUT2D eigenvalue weighted by molar-refractivity contribution is 9.10. The summed E-state index contributed by atoms with van der Waals surface area (Å²) < 4.78 is 1.15. The smallest absolute Gasteiger partial charge is 0.0294 e. The third-order valence-electron chi connectivity index (χ3n) is 3.65. The molecule has 108 valence electrons. The van der Waals surface area contributed by atoms with Crippen LogP contribution >= 0.6 is 15.9 Å². The van der Waals surface area contributed by atoms with Gasteiger partial charge in [0.1, 0.15) is 0 Å². The maximum atomic E-state index is 3.69. The third-order valence-corrected chi connectivity index (χ3v) is 4.17. The summed E-state index contributed by atoms with van der Waals surface area (Å²) in [7, 11) is 0. The van der Waals surface area contributed by atoms with Gasteiger partial charge in [0.2, 0.25) is 0 Å². The molecule has 1 N–H and O–H groups in total. The lowest BCUT2D eigenvalue weighted by Crippen LogP contribution is -2.28. The Morgan fingerprint density at radius 1 is 1.00 bits per heavy atom. The van der Waals surface area contributed by atoms with Crippen molar-refractivity contribution in [1.29, 1.82) is 0 Å². The lowest BCUT2D eigenvalue weighted by molar-refractivity contribution is 0.436. The molecule has 19 heavy (non-hydrogen) atoms. The van der Waals surface area contributed by atoms with Crippen molar-refractivity contribution in [1.82, 2.24) is 5.32 Å². The number of unbranched alkanes of at least 4 members (excludes halogenated alkanes) is 4. The fourth-order valence-electron chi connectivity index (χ4n) is 2.41. The minimum Gasteiger partial charge on any atom is -0.308 e. The van der Waals surface area contributed by atoms with Gasteiger partial charge >= 0.3 is 0 Å². The SMILES string of the molecule is CCCCCCCC(C)N[C@@H](C)c1ccc(Br)cc1. The van der Waals surface area contributed by atoms with Crippen LogP contribution in [0.25, 0.3) is 0 Å². The number of nitrogens with one attached hydrogen (secondary N) is 1. The predicted molar refractivity (Wildman–Crippen MR) is 88.5 cm³/mol. The van der Waals surface area contributed by atoms with Gasteiger partial charge in [-0.3, -0.25) is 0 Å². The Morgan fingerprint density at radius 3 is 2.26 bits per heavy atom. The molecule has 0 radical (unpaired) electrons. The van der Waals surface area contributed by atoms with Crippen molar-refractivity contribution >= 4 is 15.9 Å². The van der Waals surface area contributed by atoms with Gasteiger partial charge in [0.05, 0.1) is 0 Å². The average molecular weight is 326 g/mol. The van der Waals surface area contributed by atoms with E-state index in [1.54, 1.807) is 0 Å². The van der Waals surface area contributed by atoms with Gasteiger partial charge in [-0.25, -0.2) is 0 Å². The van der Waals surface area contributed by atoms with E-state index < -0.39 is 0 Å². The van der Waals surface area contributed by atoms with Gasteiger partial charge in [-0.2, -0.15) is 0 Å². The van der Waals surface area contributed by atoms with Crippen LogP contribution in [0.15, 0.2) is 28.7 Å². The largest absolute Gasteiger partial charge is 0.308 e. The maximum Gasteiger partial charge on any atom is 0.0294 e. The number of hydrogen-bond donors (Lipinski definition) is 1. The summed E-state index contributed by atoms with van der Waals surface area (Å²) >= 11 is 3.48. The fourth-order valence-corrected chi connectivity index (χ4v) is 2.68. The molecule has 0 aliphatic heterocycles. The molecule has 0 fully saturated rings. The Kier molecular flexibility index (Phi) is 8.40. The first-order valence-electron chi connectivity index (χ1n) is 7.65. The molecule has 0 saturated carbocycles. The highest BCUT2D eigenvalue weighted by Crippen LogP contribution is 2.18. The van der Waals surface area contributed by atoms with E-state index in [-0.39, 0.29) is 0 Å². The molecule has 0 spiro atoms. The van der Waals surface area contributed by atoms with Crippen LogP contribution in [0.2, 0.25) is 0 Å². The highest BCUT2D eigenvalue weighted by atomic mass is 79.9. The molecular weight excluding hydrogens is 298 g/mol. The molecule has 0 aliphatic rings. The van der Waals surface area contributed by atoms with Gasteiger partial charge < -0.3 is 5.32 Å². The van der Waals surface area contributed by atoms with E-state index in [2.05, 4.69) is 66.3 Å². The van der Waals surface area contributed by atoms with E-state index in [0.717, 1.165) is 4.47 Å². The molecule has 1 aromatic carbocycles. The molecule has 0 aliphatic carbocycles. The average Bonchev–Trinajstić information content (AvgIpc) is 2.39. The summed E-state index contributed by atoms with van der Waals surface area (Å²) in [5.74, 6) is 0. The Labute approximate surface area is 127 Å². The third kappa shape index (κ3) is 7.12. The van der Waals surface area contributed by atoms with Crippen LogP contribution in [0.4, 0.5) is 0 Å². The first-order valence-corrected chi connectivity index (χ1v) is 8.44.